The van der Waals surface area contributed by atoms with Crippen LogP contribution in [0.25, 0.3) is 0 Å². The van der Waals surface area contributed by atoms with Crippen LogP contribution in [-0.4, -0.2) is 48.6 Å². The smallest absolute Gasteiger partial charge is 0.0562 e. The van der Waals surface area contributed by atoms with E-state index in [1.165, 1.54) is 5.69 Å². The predicted octanol–water partition coefficient (Wildman–Crippen LogP) is 2.36. The summed E-state index contributed by atoms with van der Waals surface area (Å²) in [4.78, 5) is 9.43. The second-order valence-electron chi connectivity index (χ2n) is 6.80. The SMILES string of the molecule is CC(C)CNCc1cc(N2CC(C)N(C)C(C)C2)ccn1. The maximum absolute atomic E-state index is 4.48. The van der Waals surface area contributed by atoms with Crippen LogP contribution in [0.15, 0.2) is 18.3 Å². The molecule has 1 aliphatic heterocycles. The molecule has 0 amide bonds. The Balaban J connectivity index is 2.00. The molecule has 2 rings (SSSR count). The lowest BCUT2D eigenvalue weighted by molar-refractivity contribution is 0.170. The molecule has 4 nitrogen and oxygen atoms in total. The van der Waals surface area contributed by atoms with E-state index in [9.17, 15) is 0 Å². The molecule has 1 fully saturated rings. The van der Waals surface area contributed by atoms with Gasteiger partial charge >= 0.3 is 0 Å². The van der Waals surface area contributed by atoms with Crippen molar-refractivity contribution in [3.63, 3.8) is 0 Å². The number of aromatic nitrogens is 1. The standard InChI is InChI=1S/C17H30N4/c1-13(2)9-18-10-16-8-17(6-7-19-16)21-11-14(3)20(5)15(4)12-21/h6-8,13-15,18H,9-12H2,1-5H3. The minimum atomic E-state index is 0.587. The van der Waals surface area contributed by atoms with Crippen LogP contribution in [0.4, 0.5) is 5.69 Å². The van der Waals surface area contributed by atoms with Gasteiger partial charge in [-0.25, -0.2) is 0 Å². The summed E-state index contributed by atoms with van der Waals surface area (Å²) < 4.78 is 0. The van der Waals surface area contributed by atoms with Crippen LogP contribution in [0.5, 0.6) is 0 Å². The molecule has 0 aromatic carbocycles. The Hall–Kier alpha value is -1.13. The summed E-state index contributed by atoms with van der Waals surface area (Å²) >= 11 is 0. The van der Waals surface area contributed by atoms with E-state index in [4.69, 9.17) is 0 Å². The maximum Gasteiger partial charge on any atom is 0.0562 e. The molecule has 4 heteroatoms. The van der Waals surface area contributed by atoms with Crippen LogP contribution < -0.4 is 10.2 Å². The summed E-state index contributed by atoms with van der Waals surface area (Å²) in [5.74, 6) is 0.674. The quantitative estimate of drug-likeness (QED) is 0.902. The van der Waals surface area contributed by atoms with Gasteiger partial charge in [0, 0.05) is 43.6 Å². The molecule has 1 aliphatic rings. The lowest BCUT2D eigenvalue weighted by atomic mass is 10.1. The van der Waals surface area contributed by atoms with Gasteiger partial charge in [0.2, 0.25) is 0 Å². The number of hydrogen-bond acceptors (Lipinski definition) is 4. The molecule has 1 aromatic rings. The van der Waals surface area contributed by atoms with Crippen molar-refractivity contribution in [2.75, 3.05) is 31.6 Å². The average molecular weight is 290 g/mol. The van der Waals surface area contributed by atoms with Gasteiger partial charge in [0.15, 0.2) is 0 Å². The number of rotatable bonds is 5. The molecule has 0 radical (unpaired) electrons. The van der Waals surface area contributed by atoms with Gasteiger partial charge in [-0.1, -0.05) is 13.8 Å². The first-order valence-electron chi connectivity index (χ1n) is 8.10. The first-order chi connectivity index (χ1) is 9.97. The summed E-state index contributed by atoms with van der Waals surface area (Å²) in [6.07, 6.45) is 1.94. The number of nitrogens with zero attached hydrogens (tertiary/aromatic N) is 3. The Labute approximate surface area is 129 Å². The van der Waals surface area contributed by atoms with Gasteiger partial charge in [-0.05, 0) is 45.5 Å². The molecule has 118 valence electrons. The molecule has 0 aliphatic carbocycles. The van der Waals surface area contributed by atoms with Crippen LogP contribution in [0.1, 0.15) is 33.4 Å². The van der Waals surface area contributed by atoms with Crippen molar-refractivity contribution in [2.45, 2.75) is 46.3 Å². The highest BCUT2D eigenvalue weighted by Gasteiger charge is 2.26. The molecule has 2 heterocycles. The Kier molecular flexibility index (Phi) is 5.59. The fourth-order valence-corrected chi connectivity index (χ4v) is 2.86. The Bertz CT molecular complexity index is 434. The molecular weight excluding hydrogens is 260 g/mol. The van der Waals surface area contributed by atoms with Crippen LogP contribution >= 0.6 is 0 Å². The second kappa shape index (κ2) is 7.23. The monoisotopic (exact) mass is 290 g/mol. The lowest BCUT2D eigenvalue weighted by Crippen LogP contribution is -2.55. The second-order valence-corrected chi connectivity index (χ2v) is 6.80. The van der Waals surface area contributed by atoms with Gasteiger partial charge in [-0.15, -0.1) is 0 Å². The molecule has 2 unspecified atom stereocenters. The number of piperazine rings is 1. The van der Waals surface area contributed by atoms with E-state index in [-0.39, 0.29) is 0 Å². The number of pyridine rings is 1. The fraction of sp³-hybridized carbons (Fsp3) is 0.706. The van der Waals surface area contributed by atoms with Crippen molar-refractivity contribution in [2.24, 2.45) is 5.92 Å². The summed E-state index contributed by atoms with van der Waals surface area (Å²) in [7, 11) is 2.22. The average Bonchev–Trinajstić information content (AvgIpc) is 2.44. The molecule has 0 spiro atoms. The van der Waals surface area contributed by atoms with E-state index in [2.05, 4.69) is 67.0 Å². The Morgan fingerprint density at radius 2 is 1.95 bits per heavy atom. The van der Waals surface area contributed by atoms with E-state index in [1.807, 2.05) is 6.20 Å². The highest BCUT2D eigenvalue weighted by Crippen LogP contribution is 2.21. The summed E-state index contributed by atoms with van der Waals surface area (Å²) in [5, 5.41) is 3.47. The topological polar surface area (TPSA) is 31.4 Å². The highest BCUT2D eigenvalue weighted by atomic mass is 15.3. The number of nitrogens with one attached hydrogen (secondary N) is 1. The molecule has 21 heavy (non-hydrogen) atoms. The van der Waals surface area contributed by atoms with Crippen molar-refractivity contribution < 1.29 is 0 Å². The minimum Gasteiger partial charge on any atom is -0.368 e. The van der Waals surface area contributed by atoms with E-state index < -0.39 is 0 Å². The van der Waals surface area contributed by atoms with E-state index >= 15 is 0 Å². The van der Waals surface area contributed by atoms with Crippen LogP contribution in [0, 0.1) is 5.92 Å². The van der Waals surface area contributed by atoms with Crippen LogP contribution in [0.2, 0.25) is 0 Å². The molecule has 1 N–H and O–H groups in total. The zero-order valence-electron chi connectivity index (χ0n) is 14.1. The largest absolute Gasteiger partial charge is 0.368 e. The Morgan fingerprint density at radius 1 is 1.29 bits per heavy atom. The van der Waals surface area contributed by atoms with E-state index in [1.54, 1.807) is 0 Å². The van der Waals surface area contributed by atoms with Crippen molar-refractivity contribution in [3.05, 3.63) is 24.0 Å². The number of likely N-dealkylation sites (N-methyl/N-ethyl adjacent to an activating group) is 1. The highest BCUT2D eigenvalue weighted by molar-refractivity contribution is 5.47. The third-order valence-corrected chi connectivity index (χ3v) is 4.38. The van der Waals surface area contributed by atoms with Gasteiger partial charge in [0.1, 0.15) is 0 Å². The third kappa shape index (κ3) is 4.42. The molecule has 0 bridgehead atoms. The molecule has 2 atom stereocenters. The maximum atomic E-state index is 4.48. The van der Waals surface area contributed by atoms with Gasteiger partial charge in [-0.2, -0.15) is 0 Å². The predicted molar refractivity (Wildman–Crippen MR) is 89.7 cm³/mol. The number of hydrogen-bond donors (Lipinski definition) is 1. The van der Waals surface area contributed by atoms with Crippen LogP contribution in [0.3, 0.4) is 0 Å². The van der Waals surface area contributed by atoms with Crippen molar-refractivity contribution in [1.82, 2.24) is 15.2 Å². The van der Waals surface area contributed by atoms with Crippen molar-refractivity contribution >= 4 is 5.69 Å². The lowest BCUT2D eigenvalue weighted by Gasteiger charge is -2.43. The summed E-state index contributed by atoms with van der Waals surface area (Å²) in [6, 6.07) is 5.54. The van der Waals surface area contributed by atoms with Gasteiger partial charge in [-0.3, -0.25) is 9.88 Å². The molecule has 0 saturated carbocycles. The number of anilines is 1. The van der Waals surface area contributed by atoms with Crippen molar-refractivity contribution in [3.8, 4) is 0 Å². The molecule has 1 saturated heterocycles. The summed E-state index contributed by atoms with van der Waals surface area (Å²) in [5.41, 5.74) is 2.44. The Morgan fingerprint density at radius 3 is 2.57 bits per heavy atom. The third-order valence-electron chi connectivity index (χ3n) is 4.38. The normalized spacial score (nSPS) is 23.8. The van der Waals surface area contributed by atoms with Crippen molar-refractivity contribution in [1.29, 1.82) is 0 Å². The first-order valence-corrected chi connectivity index (χ1v) is 8.10. The zero-order chi connectivity index (χ0) is 15.4. The van der Waals surface area contributed by atoms with Gasteiger partial charge in [0.25, 0.3) is 0 Å². The van der Waals surface area contributed by atoms with Gasteiger partial charge in [0.05, 0.1) is 5.69 Å². The van der Waals surface area contributed by atoms with E-state index in [0.29, 0.717) is 18.0 Å². The molecule has 1 aromatic heterocycles. The zero-order valence-corrected chi connectivity index (χ0v) is 14.1. The summed E-state index contributed by atoms with van der Waals surface area (Å²) in [6.45, 7) is 13.1. The first kappa shape index (κ1) is 16.2. The minimum absolute atomic E-state index is 0.587. The van der Waals surface area contributed by atoms with Gasteiger partial charge < -0.3 is 10.2 Å². The fourth-order valence-electron chi connectivity index (χ4n) is 2.86. The van der Waals surface area contributed by atoms with E-state index in [0.717, 1.165) is 31.9 Å². The van der Waals surface area contributed by atoms with Crippen LogP contribution in [-0.2, 0) is 6.54 Å². The molecular formula is C17H30N4.